The minimum Gasteiger partial charge on any atom is -0.486 e. The number of hydrogen-bond donors (Lipinski definition) is 0. The summed E-state index contributed by atoms with van der Waals surface area (Å²) in [6.07, 6.45) is 3.75. The lowest BCUT2D eigenvalue weighted by molar-refractivity contribution is -0.147. The van der Waals surface area contributed by atoms with Crippen molar-refractivity contribution >= 4 is 17.5 Å². The monoisotopic (exact) mass is 441 g/mol. The van der Waals surface area contributed by atoms with Gasteiger partial charge in [-0.05, 0) is 48.7 Å². The zero-order valence-corrected chi connectivity index (χ0v) is 18.6. The average molecular weight is 442 g/mol. The Morgan fingerprint density at radius 2 is 2.06 bits per heavy atom. The molecule has 3 heterocycles. The quantitative estimate of drug-likeness (QED) is 0.670. The van der Waals surface area contributed by atoms with Crippen molar-refractivity contribution in [3.8, 4) is 5.75 Å². The first-order chi connectivity index (χ1) is 15.1. The second-order valence-electron chi connectivity index (χ2n) is 8.81. The molecule has 5 rings (SSSR count). The third-order valence-electron chi connectivity index (χ3n) is 6.97. The molecule has 1 amide bonds. The molecule has 0 unspecified atom stereocenters. The number of carbonyl (C=O) groups excluding carboxylic acids is 1. The molecule has 5 nitrogen and oxygen atoms in total. The van der Waals surface area contributed by atoms with Crippen molar-refractivity contribution in [1.82, 2.24) is 4.90 Å². The Hall–Kier alpha value is -2.08. The predicted octanol–water partition coefficient (Wildman–Crippen LogP) is 5.02. The SMILES string of the molecule is COCc1cccc(C(=O)N2CCC3(CC2)Oc2ccc(Cl)cc2[C@H]2OCCC[C@@H]23)c1. The summed E-state index contributed by atoms with van der Waals surface area (Å²) in [6, 6.07) is 13.5. The highest BCUT2D eigenvalue weighted by atomic mass is 35.5. The summed E-state index contributed by atoms with van der Waals surface area (Å²) in [7, 11) is 1.66. The van der Waals surface area contributed by atoms with Gasteiger partial charge in [0.15, 0.2) is 0 Å². The third kappa shape index (κ3) is 3.84. The summed E-state index contributed by atoms with van der Waals surface area (Å²) in [6.45, 7) is 2.63. The minimum absolute atomic E-state index is 0.0178. The van der Waals surface area contributed by atoms with Crippen LogP contribution in [-0.4, -0.2) is 43.2 Å². The number of benzene rings is 2. The summed E-state index contributed by atoms with van der Waals surface area (Å²) < 4.78 is 18.1. The van der Waals surface area contributed by atoms with E-state index < -0.39 is 0 Å². The molecule has 6 heteroatoms. The molecule has 2 aromatic rings. The van der Waals surface area contributed by atoms with Gasteiger partial charge in [0.1, 0.15) is 11.4 Å². The predicted molar refractivity (Wildman–Crippen MR) is 119 cm³/mol. The first kappa shape index (κ1) is 20.8. The molecule has 2 fully saturated rings. The van der Waals surface area contributed by atoms with E-state index in [0.717, 1.165) is 49.2 Å². The van der Waals surface area contributed by atoms with Crippen LogP contribution in [0.2, 0.25) is 5.02 Å². The van der Waals surface area contributed by atoms with E-state index in [1.54, 1.807) is 7.11 Å². The minimum atomic E-state index is -0.291. The molecule has 0 saturated carbocycles. The first-order valence-electron chi connectivity index (χ1n) is 11.1. The van der Waals surface area contributed by atoms with E-state index in [-0.39, 0.29) is 23.5 Å². The lowest BCUT2D eigenvalue weighted by Gasteiger charge is -2.53. The fourth-order valence-corrected chi connectivity index (χ4v) is 5.64. The van der Waals surface area contributed by atoms with Crippen molar-refractivity contribution in [2.45, 2.75) is 44.0 Å². The number of halogens is 1. The van der Waals surface area contributed by atoms with E-state index in [1.807, 2.05) is 47.4 Å². The summed E-state index contributed by atoms with van der Waals surface area (Å²) in [5.74, 6) is 1.24. The summed E-state index contributed by atoms with van der Waals surface area (Å²) in [5.41, 5.74) is 2.50. The van der Waals surface area contributed by atoms with Gasteiger partial charge in [0.2, 0.25) is 0 Å². The van der Waals surface area contributed by atoms with Crippen LogP contribution >= 0.6 is 11.6 Å². The summed E-state index contributed by atoms with van der Waals surface area (Å²) in [4.78, 5) is 15.1. The number of piperidine rings is 1. The van der Waals surface area contributed by atoms with Gasteiger partial charge in [-0.25, -0.2) is 0 Å². The smallest absolute Gasteiger partial charge is 0.253 e. The van der Waals surface area contributed by atoms with E-state index in [2.05, 4.69) is 0 Å². The van der Waals surface area contributed by atoms with Crippen LogP contribution in [0.4, 0.5) is 0 Å². The van der Waals surface area contributed by atoms with Gasteiger partial charge in [-0.1, -0.05) is 23.7 Å². The molecule has 3 aliphatic rings. The molecule has 3 aliphatic heterocycles. The van der Waals surface area contributed by atoms with Gasteiger partial charge in [-0.15, -0.1) is 0 Å². The largest absolute Gasteiger partial charge is 0.486 e. The van der Waals surface area contributed by atoms with Gasteiger partial charge in [-0.2, -0.15) is 0 Å². The Kier molecular flexibility index (Phi) is 5.67. The Morgan fingerprint density at radius 3 is 2.87 bits per heavy atom. The van der Waals surface area contributed by atoms with Crippen molar-refractivity contribution in [3.05, 3.63) is 64.2 Å². The molecule has 164 valence electrons. The Balaban J connectivity index is 1.35. The molecule has 0 radical (unpaired) electrons. The number of hydrogen-bond acceptors (Lipinski definition) is 4. The maximum atomic E-state index is 13.2. The molecule has 0 aliphatic carbocycles. The Labute approximate surface area is 188 Å². The normalized spacial score (nSPS) is 24.3. The Morgan fingerprint density at radius 1 is 1.23 bits per heavy atom. The highest BCUT2D eigenvalue weighted by Crippen LogP contribution is 2.53. The van der Waals surface area contributed by atoms with E-state index in [9.17, 15) is 4.79 Å². The average Bonchev–Trinajstić information content (AvgIpc) is 2.80. The molecule has 0 N–H and O–H groups in total. The van der Waals surface area contributed by atoms with Crippen LogP contribution < -0.4 is 4.74 Å². The van der Waals surface area contributed by atoms with Gasteiger partial charge < -0.3 is 19.1 Å². The van der Waals surface area contributed by atoms with Crippen LogP contribution in [0.5, 0.6) is 5.75 Å². The van der Waals surface area contributed by atoms with Crippen molar-refractivity contribution in [2.24, 2.45) is 5.92 Å². The maximum absolute atomic E-state index is 13.2. The summed E-state index contributed by atoms with van der Waals surface area (Å²) in [5, 5.41) is 0.711. The molecule has 1 spiro atoms. The van der Waals surface area contributed by atoms with Crippen molar-refractivity contribution in [1.29, 1.82) is 0 Å². The number of ether oxygens (including phenoxy) is 3. The van der Waals surface area contributed by atoms with Crippen LogP contribution in [0.1, 0.15) is 53.3 Å². The van der Waals surface area contributed by atoms with Crippen LogP contribution in [0, 0.1) is 5.92 Å². The zero-order chi connectivity index (χ0) is 21.4. The van der Waals surface area contributed by atoms with Gasteiger partial charge in [-0.3, -0.25) is 4.79 Å². The van der Waals surface area contributed by atoms with Crippen LogP contribution in [0.3, 0.4) is 0 Å². The lowest BCUT2D eigenvalue weighted by Crippen LogP contribution is -2.57. The van der Waals surface area contributed by atoms with Gasteiger partial charge in [0.05, 0.1) is 12.7 Å². The molecular formula is C25H28ClNO4. The van der Waals surface area contributed by atoms with E-state index >= 15 is 0 Å². The van der Waals surface area contributed by atoms with Gasteiger partial charge in [0.25, 0.3) is 5.91 Å². The Bertz CT molecular complexity index is 970. The second kappa shape index (κ2) is 8.45. The number of rotatable bonds is 3. The first-order valence-corrected chi connectivity index (χ1v) is 11.4. The van der Waals surface area contributed by atoms with Crippen molar-refractivity contribution in [2.75, 3.05) is 26.8 Å². The topological polar surface area (TPSA) is 48.0 Å². The third-order valence-corrected chi connectivity index (χ3v) is 7.21. The van der Waals surface area contributed by atoms with Gasteiger partial charge in [0, 0.05) is 61.7 Å². The van der Waals surface area contributed by atoms with E-state index in [4.69, 9.17) is 25.8 Å². The molecular weight excluding hydrogens is 414 g/mol. The highest BCUT2D eigenvalue weighted by molar-refractivity contribution is 6.30. The van der Waals surface area contributed by atoms with Gasteiger partial charge >= 0.3 is 0 Å². The number of amides is 1. The number of carbonyl (C=O) groups is 1. The zero-order valence-electron chi connectivity index (χ0n) is 17.8. The molecule has 0 bridgehead atoms. The van der Waals surface area contributed by atoms with Crippen LogP contribution in [-0.2, 0) is 16.1 Å². The van der Waals surface area contributed by atoms with Crippen LogP contribution in [0.25, 0.3) is 0 Å². The maximum Gasteiger partial charge on any atom is 0.253 e. The molecule has 0 aromatic heterocycles. The van der Waals surface area contributed by atoms with E-state index in [1.165, 1.54) is 0 Å². The fourth-order valence-electron chi connectivity index (χ4n) is 5.46. The molecule has 2 atom stereocenters. The lowest BCUT2D eigenvalue weighted by atomic mass is 9.70. The highest BCUT2D eigenvalue weighted by Gasteiger charge is 2.52. The number of fused-ring (bicyclic) bond motifs is 4. The second-order valence-corrected chi connectivity index (χ2v) is 9.25. The van der Waals surface area contributed by atoms with Crippen LogP contribution in [0.15, 0.2) is 42.5 Å². The summed E-state index contributed by atoms with van der Waals surface area (Å²) >= 11 is 6.27. The fraction of sp³-hybridized carbons (Fsp3) is 0.480. The van der Waals surface area contributed by atoms with Crippen molar-refractivity contribution < 1.29 is 19.0 Å². The molecule has 31 heavy (non-hydrogen) atoms. The van der Waals surface area contributed by atoms with E-state index in [0.29, 0.717) is 30.3 Å². The standard InChI is InChI=1S/C25H28ClNO4/c1-29-16-17-4-2-5-18(14-17)24(28)27-11-9-25(10-12-27)21-6-3-13-30-23(21)20-15-19(26)7-8-22(20)31-25/h2,4-5,7-8,14-15,21,23H,3,6,9-13,16H2,1H3/t21-,23+/m0/s1. The molecule has 2 saturated heterocycles. The number of likely N-dealkylation sites (tertiary alicyclic amines) is 1. The van der Waals surface area contributed by atoms with Crippen molar-refractivity contribution in [3.63, 3.8) is 0 Å². The number of nitrogens with zero attached hydrogens (tertiary/aromatic N) is 1. The number of methoxy groups -OCH3 is 1. The molecule has 2 aromatic carbocycles.